The summed E-state index contributed by atoms with van der Waals surface area (Å²) in [6, 6.07) is 3.94. The lowest BCUT2D eigenvalue weighted by atomic mass is 10.2. The largest absolute Gasteiger partial charge is 0.290 e. The Morgan fingerprint density at radius 3 is 3.06 bits per heavy atom. The number of nitrogens with zero attached hydrogens (tertiary/aromatic N) is 2. The molecule has 0 saturated carbocycles. The minimum atomic E-state index is -0.465. The average molecular weight is 236 g/mol. The zero-order valence-electron chi connectivity index (χ0n) is 7.82. The van der Waals surface area contributed by atoms with E-state index < -0.39 is 11.4 Å². The van der Waals surface area contributed by atoms with Crippen LogP contribution in [0, 0.1) is 10.6 Å². The van der Waals surface area contributed by atoms with Crippen molar-refractivity contribution < 1.29 is 4.39 Å². The molecule has 0 atom stereocenters. The summed E-state index contributed by atoms with van der Waals surface area (Å²) in [7, 11) is 0. The minimum Gasteiger partial charge on any atom is -0.290 e. The van der Waals surface area contributed by atoms with Crippen molar-refractivity contribution in [2.75, 3.05) is 0 Å². The molecule has 2 N–H and O–H groups in total. The molecule has 3 aromatic rings. The first-order valence-electron chi connectivity index (χ1n) is 4.45. The molecule has 5 nitrogen and oxygen atoms in total. The Bertz CT molecular complexity index is 816. The van der Waals surface area contributed by atoms with Gasteiger partial charge in [0.15, 0.2) is 0 Å². The fourth-order valence-electron chi connectivity index (χ4n) is 1.66. The van der Waals surface area contributed by atoms with Crippen LogP contribution in [0.2, 0.25) is 0 Å². The van der Waals surface area contributed by atoms with Crippen LogP contribution in [0.3, 0.4) is 0 Å². The van der Waals surface area contributed by atoms with Crippen LogP contribution in [0.15, 0.2) is 23.0 Å². The highest BCUT2D eigenvalue weighted by Crippen LogP contribution is 2.12. The number of hydrogen-bond donors (Lipinski definition) is 2. The predicted octanol–water partition coefficient (Wildman–Crippen LogP) is 1.37. The lowest BCUT2D eigenvalue weighted by Gasteiger charge is -1.99. The van der Waals surface area contributed by atoms with Gasteiger partial charge in [0.25, 0.3) is 5.56 Å². The molecule has 0 fully saturated rings. The molecule has 0 aliphatic heterocycles. The van der Waals surface area contributed by atoms with E-state index in [2.05, 4.69) is 15.2 Å². The molecule has 0 amide bonds. The van der Waals surface area contributed by atoms with Crippen molar-refractivity contribution >= 4 is 28.9 Å². The normalized spacial score (nSPS) is 11.3. The fraction of sp³-hybridized carbons (Fsp3) is 0. The molecular weight excluding hydrogens is 231 g/mol. The van der Waals surface area contributed by atoms with E-state index >= 15 is 0 Å². The van der Waals surface area contributed by atoms with Gasteiger partial charge in [0.1, 0.15) is 5.82 Å². The molecule has 2 aromatic heterocycles. The second-order valence-corrected chi connectivity index (χ2v) is 3.69. The van der Waals surface area contributed by atoms with Crippen LogP contribution in [-0.2, 0) is 0 Å². The third-order valence-corrected chi connectivity index (χ3v) is 2.62. The summed E-state index contributed by atoms with van der Waals surface area (Å²) < 4.78 is 14.9. The SMILES string of the molecule is O=c1[nH]c2n[nH]c(=S)n2c2ccc(F)cc12. The van der Waals surface area contributed by atoms with Crippen molar-refractivity contribution in [2.24, 2.45) is 0 Å². The molecular formula is C9H5FN4OS. The number of fused-ring (bicyclic) bond motifs is 3. The molecule has 0 radical (unpaired) electrons. The highest BCUT2D eigenvalue weighted by Gasteiger charge is 2.07. The first kappa shape index (κ1) is 9.22. The third kappa shape index (κ3) is 1.12. The highest BCUT2D eigenvalue weighted by atomic mass is 32.1. The topological polar surface area (TPSA) is 66.0 Å². The second kappa shape index (κ2) is 2.99. The lowest BCUT2D eigenvalue weighted by Crippen LogP contribution is -2.10. The first-order chi connectivity index (χ1) is 7.66. The molecule has 0 spiro atoms. The van der Waals surface area contributed by atoms with Gasteiger partial charge in [-0.15, -0.1) is 5.10 Å². The molecule has 0 aliphatic carbocycles. The van der Waals surface area contributed by atoms with Crippen LogP contribution in [0.1, 0.15) is 0 Å². The number of halogens is 1. The van der Waals surface area contributed by atoms with Gasteiger partial charge in [-0.2, -0.15) is 0 Å². The average Bonchev–Trinajstić information content (AvgIpc) is 2.61. The number of benzene rings is 1. The van der Waals surface area contributed by atoms with Crippen molar-refractivity contribution in [3.05, 3.63) is 39.1 Å². The van der Waals surface area contributed by atoms with Crippen molar-refractivity contribution in [1.82, 2.24) is 19.6 Å². The van der Waals surface area contributed by atoms with E-state index in [9.17, 15) is 9.18 Å². The monoisotopic (exact) mass is 236 g/mol. The van der Waals surface area contributed by atoms with Gasteiger partial charge in [-0.25, -0.2) is 9.49 Å². The molecule has 0 bridgehead atoms. The molecule has 80 valence electrons. The molecule has 7 heteroatoms. The zero-order chi connectivity index (χ0) is 11.3. The number of rotatable bonds is 0. The summed E-state index contributed by atoms with van der Waals surface area (Å²) in [5.41, 5.74) is 0.134. The quantitative estimate of drug-likeness (QED) is 0.579. The summed E-state index contributed by atoms with van der Waals surface area (Å²) >= 11 is 5.02. The zero-order valence-corrected chi connectivity index (χ0v) is 8.64. The maximum atomic E-state index is 13.0. The Morgan fingerprint density at radius 2 is 2.25 bits per heavy atom. The summed E-state index contributed by atoms with van der Waals surface area (Å²) in [6.07, 6.45) is 0. The van der Waals surface area contributed by atoms with E-state index in [0.29, 0.717) is 16.1 Å². The van der Waals surface area contributed by atoms with E-state index in [4.69, 9.17) is 12.2 Å². The van der Waals surface area contributed by atoms with Crippen LogP contribution in [0.4, 0.5) is 4.39 Å². The number of hydrogen-bond acceptors (Lipinski definition) is 3. The second-order valence-electron chi connectivity index (χ2n) is 3.30. The molecule has 0 saturated heterocycles. The van der Waals surface area contributed by atoms with E-state index in [1.54, 1.807) is 4.40 Å². The van der Waals surface area contributed by atoms with Crippen LogP contribution >= 0.6 is 12.2 Å². The third-order valence-electron chi connectivity index (χ3n) is 2.34. The van der Waals surface area contributed by atoms with Gasteiger partial charge in [0, 0.05) is 0 Å². The van der Waals surface area contributed by atoms with Gasteiger partial charge >= 0.3 is 0 Å². The van der Waals surface area contributed by atoms with E-state index in [0.717, 1.165) is 0 Å². The predicted molar refractivity (Wildman–Crippen MR) is 58.5 cm³/mol. The fourth-order valence-corrected chi connectivity index (χ4v) is 1.89. The first-order valence-corrected chi connectivity index (χ1v) is 4.86. The molecule has 2 heterocycles. The highest BCUT2D eigenvalue weighted by molar-refractivity contribution is 7.71. The van der Waals surface area contributed by atoms with Crippen molar-refractivity contribution in [3.63, 3.8) is 0 Å². The van der Waals surface area contributed by atoms with E-state index in [1.165, 1.54) is 18.2 Å². The van der Waals surface area contributed by atoms with Gasteiger partial charge in [-0.05, 0) is 30.4 Å². The summed E-state index contributed by atoms with van der Waals surface area (Å²) in [4.78, 5) is 14.1. The number of nitrogens with one attached hydrogen (secondary N) is 2. The van der Waals surface area contributed by atoms with Crippen molar-refractivity contribution in [3.8, 4) is 0 Å². The Balaban J connectivity index is 2.74. The lowest BCUT2D eigenvalue weighted by molar-refractivity contribution is 0.629. The number of H-pyrrole nitrogens is 2. The minimum absolute atomic E-state index is 0.241. The maximum absolute atomic E-state index is 13.0. The molecule has 0 aliphatic rings. The van der Waals surface area contributed by atoms with Gasteiger partial charge in [-0.3, -0.25) is 14.2 Å². The smallest absolute Gasteiger partial charge is 0.260 e. The van der Waals surface area contributed by atoms with E-state index in [1.807, 2.05) is 0 Å². The van der Waals surface area contributed by atoms with Gasteiger partial charge in [0.05, 0.1) is 10.9 Å². The van der Waals surface area contributed by atoms with E-state index in [-0.39, 0.29) is 5.39 Å². The molecule has 0 unspecified atom stereocenters. The molecule has 16 heavy (non-hydrogen) atoms. The van der Waals surface area contributed by atoms with Crippen LogP contribution in [-0.4, -0.2) is 19.6 Å². The van der Waals surface area contributed by atoms with Gasteiger partial charge in [-0.1, -0.05) is 0 Å². The Morgan fingerprint density at radius 1 is 1.44 bits per heavy atom. The van der Waals surface area contributed by atoms with Crippen LogP contribution in [0.25, 0.3) is 16.7 Å². The molecule has 1 aromatic carbocycles. The standard InChI is InChI=1S/C9H5FN4OS/c10-4-1-2-6-5(3-4)7(15)11-8-12-13-9(16)14(6)8/h1-3H,(H,13,16)(H,11,12,15). The Hall–Kier alpha value is -2.02. The van der Waals surface area contributed by atoms with Crippen molar-refractivity contribution in [1.29, 1.82) is 0 Å². The van der Waals surface area contributed by atoms with Crippen LogP contribution in [0.5, 0.6) is 0 Å². The van der Waals surface area contributed by atoms with Crippen molar-refractivity contribution in [2.45, 2.75) is 0 Å². The number of aromatic nitrogens is 4. The summed E-state index contributed by atoms with van der Waals surface area (Å²) in [5.74, 6) is -0.151. The van der Waals surface area contributed by atoms with Gasteiger partial charge < -0.3 is 0 Å². The Labute approximate surface area is 92.5 Å². The molecule has 3 rings (SSSR count). The van der Waals surface area contributed by atoms with Crippen LogP contribution < -0.4 is 5.56 Å². The summed E-state index contributed by atoms with van der Waals surface area (Å²) in [6.45, 7) is 0. The Kier molecular flexibility index (Phi) is 1.72. The number of aromatic amines is 2. The summed E-state index contributed by atoms with van der Waals surface area (Å²) in [5, 5.41) is 6.65. The maximum Gasteiger partial charge on any atom is 0.260 e. The van der Waals surface area contributed by atoms with Gasteiger partial charge in [0.2, 0.25) is 10.5 Å².